The van der Waals surface area contributed by atoms with Crippen molar-refractivity contribution in [2.75, 3.05) is 12.9 Å². The van der Waals surface area contributed by atoms with E-state index in [1.165, 1.54) is 18.4 Å². The summed E-state index contributed by atoms with van der Waals surface area (Å²) in [5.74, 6) is 1.11. The fourth-order valence-corrected chi connectivity index (χ4v) is 5.24. The Bertz CT molecular complexity index is 508. The number of carbonyl (C=O) groups is 2. The predicted octanol–water partition coefficient (Wildman–Crippen LogP) is 3.49. The molecule has 1 aromatic heterocycles. The molecule has 7 heteroatoms. The van der Waals surface area contributed by atoms with Crippen molar-refractivity contribution in [3.8, 4) is 0 Å². The lowest BCUT2D eigenvalue weighted by Gasteiger charge is -2.18. The lowest BCUT2D eigenvalue weighted by Crippen LogP contribution is -2.19. The predicted molar refractivity (Wildman–Crippen MR) is 85.3 cm³/mol. The molecule has 1 aromatic rings. The Hall–Kier alpha value is -0.590. The Balaban J connectivity index is 1.85. The van der Waals surface area contributed by atoms with Crippen LogP contribution in [0.3, 0.4) is 0 Å². The average Bonchev–Trinajstić information content (AvgIpc) is 3.03. The van der Waals surface area contributed by atoms with Crippen LogP contribution in [0.15, 0.2) is 9.72 Å². The number of halogens is 1. The Morgan fingerprint density at radius 2 is 2.43 bits per heavy atom. The standard InChI is InChI=1S/C14H18ClNO3S2/c1-8-5-11(15)9(10(8)6-17)3-4-20-14-16-12(7-21-14)13(18)19-2/h6-11H,3-5H2,1-2H3/t8-,9-,10+,11-/m1/s1. The van der Waals surface area contributed by atoms with E-state index >= 15 is 0 Å². The van der Waals surface area contributed by atoms with Gasteiger partial charge in [-0.15, -0.1) is 22.9 Å². The molecule has 0 N–H and O–H groups in total. The summed E-state index contributed by atoms with van der Waals surface area (Å²) in [6, 6.07) is 0. The molecule has 1 fully saturated rings. The molecule has 0 bridgehead atoms. The highest BCUT2D eigenvalue weighted by molar-refractivity contribution is 8.01. The van der Waals surface area contributed by atoms with Gasteiger partial charge >= 0.3 is 5.97 Å². The minimum atomic E-state index is -0.412. The molecule has 21 heavy (non-hydrogen) atoms. The molecule has 4 atom stereocenters. The van der Waals surface area contributed by atoms with Gasteiger partial charge in [-0.25, -0.2) is 9.78 Å². The van der Waals surface area contributed by atoms with Crippen molar-refractivity contribution in [2.45, 2.75) is 29.5 Å². The molecular weight excluding hydrogens is 330 g/mol. The van der Waals surface area contributed by atoms with E-state index in [2.05, 4.69) is 16.6 Å². The molecule has 1 saturated carbocycles. The van der Waals surface area contributed by atoms with E-state index < -0.39 is 5.97 Å². The van der Waals surface area contributed by atoms with Crippen molar-refractivity contribution >= 4 is 47.0 Å². The van der Waals surface area contributed by atoms with Crippen LogP contribution in [0.4, 0.5) is 0 Å². The molecule has 4 nitrogen and oxygen atoms in total. The minimum Gasteiger partial charge on any atom is -0.464 e. The maximum atomic E-state index is 11.3. The molecule has 2 rings (SSSR count). The van der Waals surface area contributed by atoms with Gasteiger partial charge in [0.25, 0.3) is 0 Å². The minimum absolute atomic E-state index is 0.0648. The Morgan fingerprint density at radius 1 is 1.67 bits per heavy atom. The first-order valence-electron chi connectivity index (χ1n) is 6.82. The number of ether oxygens (including phenoxy) is 1. The van der Waals surface area contributed by atoms with Crippen molar-refractivity contribution in [1.29, 1.82) is 0 Å². The molecule has 1 aliphatic carbocycles. The highest BCUT2D eigenvalue weighted by atomic mass is 35.5. The highest BCUT2D eigenvalue weighted by Gasteiger charge is 2.39. The van der Waals surface area contributed by atoms with Crippen LogP contribution in [-0.4, -0.2) is 35.5 Å². The third-order valence-corrected chi connectivity index (χ3v) is 6.48. The van der Waals surface area contributed by atoms with Crippen molar-refractivity contribution in [2.24, 2.45) is 17.8 Å². The first-order chi connectivity index (χ1) is 10.1. The Kier molecular flexibility index (Phi) is 6.08. The van der Waals surface area contributed by atoms with Crippen LogP contribution < -0.4 is 0 Å². The molecule has 0 spiro atoms. The van der Waals surface area contributed by atoms with Gasteiger partial charge in [0, 0.05) is 22.4 Å². The Labute approximate surface area is 137 Å². The van der Waals surface area contributed by atoms with Crippen LogP contribution in [0, 0.1) is 17.8 Å². The zero-order valence-electron chi connectivity index (χ0n) is 12.0. The number of carbonyl (C=O) groups excluding carboxylic acids is 2. The van der Waals surface area contributed by atoms with Gasteiger partial charge in [-0.3, -0.25) is 0 Å². The third-order valence-electron chi connectivity index (χ3n) is 3.92. The van der Waals surface area contributed by atoms with Gasteiger partial charge in [-0.2, -0.15) is 0 Å². The fourth-order valence-electron chi connectivity index (χ4n) is 2.76. The quantitative estimate of drug-likeness (QED) is 0.341. The molecular formula is C14H18ClNO3S2. The van der Waals surface area contributed by atoms with Crippen molar-refractivity contribution < 1.29 is 14.3 Å². The summed E-state index contributed by atoms with van der Waals surface area (Å²) in [6.45, 7) is 2.09. The largest absolute Gasteiger partial charge is 0.464 e. The van der Waals surface area contributed by atoms with Crippen LogP contribution in [0.1, 0.15) is 30.3 Å². The summed E-state index contributed by atoms with van der Waals surface area (Å²) in [5.41, 5.74) is 0.348. The van der Waals surface area contributed by atoms with Gasteiger partial charge in [0.1, 0.15) is 6.29 Å². The molecule has 0 amide bonds. The number of rotatable bonds is 6. The van der Waals surface area contributed by atoms with Crippen LogP contribution >= 0.6 is 34.7 Å². The number of nitrogens with zero attached hydrogens (tertiary/aromatic N) is 1. The van der Waals surface area contributed by atoms with Gasteiger partial charge in [0.2, 0.25) is 0 Å². The Morgan fingerprint density at radius 3 is 3.10 bits per heavy atom. The highest BCUT2D eigenvalue weighted by Crippen LogP contribution is 2.41. The maximum Gasteiger partial charge on any atom is 0.357 e. The number of esters is 1. The molecule has 1 aliphatic rings. The molecule has 0 radical (unpaired) electrons. The zero-order chi connectivity index (χ0) is 15.4. The topological polar surface area (TPSA) is 56.3 Å². The summed E-state index contributed by atoms with van der Waals surface area (Å²) >= 11 is 9.38. The number of thiazole rings is 1. The number of aromatic nitrogens is 1. The van der Waals surface area contributed by atoms with E-state index in [4.69, 9.17) is 11.6 Å². The summed E-state index contributed by atoms with van der Waals surface area (Å²) in [5, 5.41) is 1.78. The molecule has 0 saturated heterocycles. The van der Waals surface area contributed by atoms with Crippen LogP contribution in [-0.2, 0) is 9.53 Å². The lowest BCUT2D eigenvalue weighted by atomic mass is 9.90. The van der Waals surface area contributed by atoms with Crippen LogP contribution in [0.25, 0.3) is 0 Å². The van der Waals surface area contributed by atoms with Crippen LogP contribution in [0.5, 0.6) is 0 Å². The van der Waals surface area contributed by atoms with Crippen molar-refractivity contribution in [3.05, 3.63) is 11.1 Å². The molecule has 0 unspecified atom stereocenters. The summed E-state index contributed by atoms with van der Waals surface area (Å²) in [7, 11) is 1.34. The second-order valence-electron chi connectivity index (χ2n) is 5.23. The van der Waals surface area contributed by atoms with E-state index in [0.29, 0.717) is 11.6 Å². The molecule has 0 aromatic carbocycles. The summed E-state index contributed by atoms with van der Waals surface area (Å²) in [4.78, 5) is 26.7. The van der Waals surface area contributed by atoms with E-state index in [1.54, 1.807) is 17.1 Å². The second-order valence-corrected chi connectivity index (χ2v) is 7.99. The van der Waals surface area contributed by atoms with Gasteiger partial charge < -0.3 is 9.53 Å². The van der Waals surface area contributed by atoms with E-state index in [-0.39, 0.29) is 17.2 Å². The summed E-state index contributed by atoms with van der Waals surface area (Å²) in [6.07, 6.45) is 2.85. The number of methoxy groups -OCH3 is 1. The third kappa shape index (κ3) is 3.99. The first-order valence-corrected chi connectivity index (χ1v) is 9.13. The van der Waals surface area contributed by atoms with Gasteiger partial charge in [0.15, 0.2) is 10.0 Å². The molecule has 116 valence electrons. The first kappa shape index (κ1) is 16.8. The smallest absolute Gasteiger partial charge is 0.357 e. The van der Waals surface area contributed by atoms with E-state index in [9.17, 15) is 9.59 Å². The number of hydrogen-bond acceptors (Lipinski definition) is 6. The normalized spacial score (nSPS) is 28.5. The van der Waals surface area contributed by atoms with E-state index in [1.807, 2.05) is 0 Å². The van der Waals surface area contributed by atoms with Gasteiger partial charge in [-0.05, 0) is 24.7 Å². The van der Waals surface area contributed by atoms with Crippen molar-refractivity contribution in [1.82, 2.24) is 4.98 Å². The number of aldehydes is 1. The number of alkyl halides is 1. The second kappa shape index (κ2) is 7.61. The lowest BCUT2D eigenvalue weighted by molar-refractivity contribution is -0.113. The molecule has 1 heterocycles. The zero-order valence-corrected chi connectivity index (χ0v) is 14.3. The monoisotopic (exact) mass is 347 g/mol. The summed E-state index contributed by atoms with van der Waals surface area (Å²) < 4.78 is 5.47. The average molecular weight is 348 g/mol. The van der Waals surface area contributed by atoms with Crippen molar-refractivity contribution in [3.63, 3.8) is 0 Å². The van der Waals surface area contributed by atoms with Gasteiger partial charge in [0.05, 0.1) is 7.11 Å². The maximum absolute atomic E-state index is 11.3. The van der Waals surface area contributed by atoms with Crippen LogP contribution in [0.2, 0.25) is 0 Å². The van der Waals surface area contributed by atoms with E-state index in [0.717, 1.165) is 29.2 Å². The number of thioether (sulfide) groups is 1. The number of hydrogen-bond donors (Lipinski definition) is 0. The SMILES string of the molecule is COC(=O)c1csc(SCC[C@@H]2[C@@H](C=O)[C@H](C)C[C@H]2Cl)n1. The fraction of sp³-hybridized carbons (Fsp3) is 0.643. The van der Waals surface area contributed by atoms with Gasteiger partial charge in [-0.1, -0.05) is 18.7 Å². The molecule has 0 aliphatic heterocycles.